The average Bonchev–Trinajstić information content (AvgIpc) is 2.25. The van der Waals surface area contributed by atoms with E-state index in [1.807, 2.05) is 0 Å². The van der Waals surface area contributed by atoms with Crippen LogP contribution in [0.4, 0.5) is 9.18 Å². The van der Waals surface area contributed by atoms with Crippen molar-refractivity contribution >= 4 is 6.16 Å². The van der Waals surface area contributed by atoms with Crippen LogP contribution in [0.2, 0.25) is 0 Å². The number of ether oxygens (including phenoxy) is 2. The van der Waals surface area contributed by atoms with E-state index in [2.05, 4.69) is 4.74 Å². The molecule has 1 saturated heterocycles. The van der Waals surface area contributed by atoms with Crippen LogP contribution in [0.3, 0.4) is 0 Å². The van der Waals surface area contributed by atoms with Crippen molar-refractivity contribution < 1.29 is 18.7 Å². The third kappa shape index (κ3) is 1.06. The van der Waals surface area contributed by atoms with Crippen molar-refractivity contribution in [1.29, 1.82) is 0 Å². The number of carbonyl (C=O) groups excluding carboxylic acids is 1. The van der Waals surface area contributed by atoms with E-state index in [1.165, 1.54) is 0 Å². The van der Waals surface area contributed by atoms with Crippen LogP contribution < -0.4 is 0 Å². The molecule has 2 unspecified atom stereocenters. The SMILES string of the molecule is CCC1(C)OC(=O)OC1(F)CC. The number of hydrogen-bond acceptors (Lipinski definition) is 3. The Morgan fingerprint density at radius 2 is 1.92 bits per heavy atom. The first-order valence-electron chi connectivity index (χ1n) is 4.08. The zero-order chi connectivity index (χ0) is 9.41. The second-order valence-corrected chi connectivity index (χ2v) is 3.12. The first kappa shape index (κ1) is 9.29. The van der Waals surface area contributed by atoms with Gasteiger partial charge in [0.15, 0.2) is 5.60 Å². The second-order valence-electron chi connectivity index (χ2n) is 3.12. The van der Waals surface area contributed by atoms with E-state index >= 15 is 0 Å². The topological polar surface area (TPSA) is 35.5 Å². The van der Waals surface area contributed by atoms with Crippen LogP contribution in [0.5, 0.6) is 0 Å². The number of hydrogen-bond donors (Lipinski definition) is 0. The Balaban J connectivity index is 2.93. The molecule has 0 aromatic heterocycles. The molecule has 4 heteroatoms. The molecule has 0 aliphatic carbocycles. The molecule has 0 spiro atoms. The molecule has 1 rings (SSSR count). The summed E-state index contributed by atoms with van der Waals surface area (Å²) >= 11 is 0. The number of halogens is 1. The van der Waals surface area contributed by atoms with Crippen LogP contribution in [0.25, 0.3) is 0 Å². The lowest BCUT2D eigenvalue weighted by atomic mass is 9.92. The highest BCUT2D eigenvalue weighted by Gasteiger charge is 2.59. The van der Waals surface area contributed by atoms with Gasteiger partial charge < -0.3 is 9.47 Å². The molecule has 0 saturated carbocycles. The van der Waals surface area contributed by atoms with Gasteiger partial charge in [0, 0.05) is 6.42 Å². The van der Waals surface area contributed by atoms with Crippen LogP contribution in [-0.4, -0.2) is 17.6 Å². The van der Waals surface area contributed by atoms with Crippen LogP contribution in [0, 0.1) is 0 Å². The van der Waals surface area contributed by atoms with E-state index < -0.39 is 17.6 Å². The fourth-order valence-corrected chi connectivity index (χ4v) is 1.30. The molecular formula is C8H13FO3. The lowest BCUT2D eigenvalue weighted by Gasteiger charge is -2.29. The van der Waals surface area contributed by atoms with Gasteiger partial charge in [0.25, 0.3) is 5.85 Å². The number of carbonyl (C=O) groups is 1. The maximum absolute atomic E-state index is 13.8. The molecule has 0 aromatic carbocycles. The van der Waals surface area contributed by atoms with E-state index in [4.69, 9.17) is 4.74 Å². The molecule has 0 N–H and O–H groups in total. The number of rotatable bonds is 2. The molecule has 1 heterocycles. The van der Waals surface area contributed by atoms with Gasteiger partial charge in [-0.3, -0.25) is 0 Å². The summed E-state index contributed by atoms with van der Waals surface area (Å²) in [5.41, 5.74) is -1.13. The highest BCUT2D eigenvalue weighted by Crippen LogP contribution is 2.42. The summed E-state index contributed by atoms with van der Waals surface area (Å²) in [5.74, 6) is -1.96. The van der Waals surface area contributed by atoms with Crippen molar-refractivity contribution in [2.45, 2.75) is 45.1 Å². The smallest absolute Gasteiger partial charge is 0.421 e. The van der Waals surface area contributed by atoms with Gasteiger partial charge in [0.1, 0.15) is 0 Å². The third-order valence-corrected chi connectivity index (χ3v) is 2.47. The molecule has 0 bridgehead atoms. The summed E-state index contributed by atoms with van der Waals surface area (Å²) in [4.78, 5) is 10.7. The zero-order valence-electron chi connectivity index (χ0n) is 7.52. The molecule has 70 valence electrons. The van der Waals surface area contributed by atoms with Gasteiger partial charge in [-0.25, -0.2) is 4.79 Å². The first-order chi connectivity index (χ1) is 5.47. The molecule has 1 aliphatic heterocycles. The van der Waals surface area contributed by atoms with Crippen molar-refractivity contribution in [3.8, 4) is 0 Å². The molecular weight excluding hydrogens is 163 g/mol. The summed E-state index contributed by atoms with van der Waals surface area (Å²) in [6, 6.07) is 0. The molecule has 3 nitrogen and oxygen atoms in total. The molecule has 0 radical (unpaired) electrons. The van der Waals surface area contributed by atoms with Gasteiger partial charge in [0.2, 0.25) is 0 Å². The predicted molar refractivity (Wildman–Crippen MR) is 40.4 cm³/mol. The molecule has 12 heavy (non-hydrogen) atoms. The van der Waals surface area contributed by atoms with Gasteiger partial charge in [0.05, 0.1) is 0 Å². The summed E-state index contributed by atoms with van der Waals surface area (Å²) in [6.07, 6.45) is -0.393. The Morgan fingerprint density at radius 3 is 2.25 bits per heavy atom. The summed E-state index contributed by atoms with van der Waals surface area (Å²) in [5, 5.41) is 0. The molecule has 0 aromatic rings. The Bertz CT molecular complexity index is 186. The lowest BCUT2D eigenvalue weighted by Crippen LogP contribution is -2.45. The van der Waals surface area contributed by atoms with Gasteiger partial charge in [-0.05, 0) is 13.3 Å². The van der Waals surface area contributed by atoms with Gasteiger partial charge in [-0.1, -0.05) is 13.8 Å². The van der Waals surface area contributed by atoms with Crippen molar-refractivity contribution in [1.82, 2.24) is 0 Å². The predicted octanol–water partition coefficient (Wildman–Crippen LogP) is 2.40. The van der Waals surface area contributed by atoms with E-state index in [-0.39, 0.29) is 6.42 Å². The molecule has 2 atom stereocenters. The summed E-state index contributed by atoms with van der Waals surface area (Å²) in [7, 11) is 0. The normalized spacial score (nSPS) is 40.8. The largest absolute Gasteiger partial charge is 0.511 e. The maximum Gasteiger partial charge on any atom is 0.511 e. The highest BCUT2D eigenvalue weighted by atomic mass is 19.2. The quantitative estimate of drug-likeness (QED) is 0.606. The molecule has 1 fully saturated rings. The Labute approximate surface area is 70.8 Å². The van der Waals surface area contributed by atoms with Crippen LogP contribution >= 0.6 is 0 Å². The van der Waals surface area contributed by atoms with Crippen molar-refractivity contribution in [2.24, 2.45) is 0 Å². The first-order valence-corrected chi connectivity index (χ1v) is 4.08. The van der Waals surface area contributed by atoms with E-state index in [1.54, 1.807) is 20.8 Å². The van der Waals surface area contributed by atoms with Crippen molar-refractivity contribution in [3.63, 3.8) is 0 Å². The fourth-order valence-electron chi connectivity index (χ4n) is 1.30. The van der Waals surface area contributed by atoms with Crippen molar-refractivity contribution in [3.05, 3.63) is 0 Å². The molecule has 1 aliphatic rings. The third-order valence-electron chi connectivity index (χ3n) is 2.47. The van der Waals surface area contributed by atoms with E-state index in [0.29, 0.717) is 6.42 Å². The van der Waals surface area contributed by atoms with Gasteiger partial charge in [-0.2, -0.15) is 4.39 Å². The number of alkyl halides is 1. The Kier molecular flexibility index (Phi) is 2.02. The van der Waals surface area contributed by atoms with Crippen LogP contribution in [0.1, 0.15) is 33.6 Å². The monoisotopic (exact) mass is 176 g/mol. The van der Waals surface area contributed by atoms with E-state index in [0.717, 1.165) is 0 Å². The maximum atomic E-state index is 13.8. The average molecular weight is 176 g/mol. The minimum atomic E-state index is -1.96. The van der Waals surface area contributed by atoms with Crippen LogP contribution in [-0.2, 0) is 9.47 Å². The minimum absolute atomic E-state index is 0.114. The van der Waals surface area contributed by atoms with Crippen molar-refractivity contribution in [2.75, 3.05) is 0 Å². The van der Waals surface area contributed by atoms with Gasteiger partial charge >= 0.3 is 6.16 Å². The minimum Gasteiger partial charge on any atom is -0.421 e. The number of cyclic esters (lactones) is 2. The second kappa shape index (κ2) is 2.61. The highest BCUT2D eigenvalue weighted by molar-refractivity contribution is 5.64. The Morgan fingerprint density at radius 1 is 1.33 bits per heavy atom. The Hall–Kier alpha value is -0.800. The molecule has 0 amide bonds. The standard InChI is InChI=1S/C8H13FO3/c1-4-7(3)8(9,5-2)12-6(10)11-7/h4-5H2,1-3H3. The van der Waals surface area contributed by atoms with E-state index in [9.17, 15) is 9.18 Å². The fraction of sp³-hybridized carbons (Fsp3) is 0.875. The summed E-state index contributed by atoms with van der Waals surface area (Å²) in [6.45, 7) is 4.92. The summed E-state index contributed by atoms with van der Waals surface area (Å²) < 4.78 is 23.0. The van der Waals surface area contributed by atoms with Crippen LogP contribution in [0.15, 0.2) is 0 Å². The lowest BCUT2D eigenvalue weighted by molar-refractivity contribution is -0.141. The van der Waals surface area contributed by atoms with Gasteiger partial charge in [-0.15, -0.1) is 0 Å². The zero-order valence-corrected chi connectivity index (χ0v) is 7.52.